The molecule has 128 valence electrons. The fraction of sp³-hybridized carbons (Fsp3) is 0.647. The lowest BCUT2D eigenvalue weighted by Gasteiger charge is -2.12. The van der Waals surface area contributed by atoms with Crippen LogP contribution in [0.25, 0.3) is 0 Å². The Balaban J connectivity index is 0.000000472. The van der Waals surface area contributed by atoms with Gasteiger partial charge in [0.25, 0.3) is 10.1 Å². The van der Waals surface area contributed by atoms with E-state index in [1.165, 1.54) is 51.5 Å². The lowest BCUT2D eigenvalue weighted by Crippen LogP contribution is -2.09. The van der Waals surface area contributed by atoms with Crippen molar-refractivity contribution in [3.8, 4) is 5.75 Å². The summed E-state index contributed by atoms with van der Waals surface area (Å²) in [6.07, 6.45) is 8.49. The molecule has 1 aromatic rings. The summed E-state index contributed by atoms with van der Waals surface area (Å²) in [6.45, 7) is 7.49. The Morgan fingerprint density at radius 1 is 1.05 bits per heavy atom. The Labute approximate surface area is 135 Å². The summed E-state index contributed by atoms with van der Waals surface area (Å²) in [6, 6.07) is 4.57. The monoisotopic (exact) mass is 330 g/mol. The minimum atomic E-state index is -4.11. The molecule has 5 heteroatoms. The summed E-state index contributed by atoms with van der Waals surface area (Å²) in [5, 5.41) is 8.32. The molecule has 0 aromatic heterocycles. The Morgan fingerprint density at radius 2 is 1.55 bits per heavy atom. The SMILES string of the molecule is CCCCCCCC.Cc1c(O)cccc1C(C)S(=O)(=O)O. The van der Waals surface area contributed by atoms with E-state index in [1.807, 2.05) is 0 Å². The molecule has 0 aliphatic heterocycles. The second kappa shape index (κ2) is 10.6. The van der Waals surface area contributed by atoms with Gasteiger partial charge >= 0.3 is 0 Å². The Morgan fingerprint density at radius 3 is 1.95 bits per heavy atom. The second-order valence-corrected chi connectivity index (χ2v) is 7.30. The lowest BCUT2D eigenvalue weighted by atomic mass is 10.1. The van der Waals surface area contributed by atoms with Crippen LogP contribution in [0.3, 0.4) is 0 Å². The van der Waals surface area contributed by atoms with Gasteiger partial charge in [-0.3, -0.25) is 4.55 Å². The van der Waals surface area contributed by atoms with Crippen LogP contribution in [0.1, 0.15) is 75.7 Å². The van der Waals surface area contributed by atoms with Gasteiger partial charge in [-0.1, -0.05) is 64.5 Å². The van der Waals surface area contributed by atoms with E-state index in [-0.39, 0.29) is 5.75 Å². The molecule has 0 bridgehead atoms. The summed E-state index contributed by atoms with van der Waals surface area (Å²) in [5.41, 5.74) is 0.880. The van der Waals surface area contributed by atoms with E-state index in [4.69, 9.17) is 4.55 Å². The third-order valence-corrected chi connectivity index (χ3v) is 4.84. The van der Waals surface area contributed by atoms with E-state index >= 15 is 0 Å². The van der Waals surface area contributed by atoms with Gasteiger partial charge in [0.05, 0.1) is 0 Å². The molecule has 0 saturated heterocycles. The van der Waals surface area contributed by atoms with Crippen molar-refractivity contribution in [2.75, 3.05) is 0 Å². The van der Waals surface area contributed by atoms with E-state index in [2.05, 4.69) is 13.8 Å². The van der Waals surface area contributed by atoms with Gasteiger partial charge in [0.2, 0.25) is 0 Å². The van der Waals surface area contributed by atoms with Crippen molar-refractivity contribution in [3.63, 3.8) is 0 Å². The Kier molecular flexibility index (Phi) is 10.1. The molecule has 0 heterocycles. The quantitative estimate of drug-likeness (QED) is 0.544. The van der Waals surface area contributed by atoms with Crippen molar-refractivity contribution in [2.24, 2.45) is 0 Å². The molecular weight excluding hydrogens is 300 g/mol. The molecule has 22 heavy (non-hydrogen) atoms. The summed E-state index contributed by atoms with van der Waals surface area (Å²) in [7, 11) is -4.11. The first-order valence-corrected chi connectivity index (χ1v) is 9.50. The molecule has 0 radical (unpaired) electrons. The highest BCUT2D eigenvalue weighted by Gasteiger charge is 2.21. The van der Waals surface area contributed by atoms with Gasteiger partial charge in [-0.05, 0) is 31.0 Å². The third kappa shape index (κ3) is 7.80. The number of phenols is 1. The summed E-state index contributed by atoms with van der Waals surface area (Å²) < 4.78 is 30.6. The van der Waals surface area contributed by atoms with Gasteiger partial charge in [0, 0.05) is 0 Å². The van der Waals surface area contributed by atoms with Crippen LogP contribution in [-0.4, -0.2) is 18.1 Å². The Bertz CT molecular complexity index is 517. The van der Waals surface area contributed by atoms with E-state index < -0.39 is 15.4 Å². The summed E-state index contributed by atoms with van der Waals surface area (Å²) in [4.78, 5) is 0. The van der Waals surface area contributed by atoms with Crippen LogP contribution in [0, 0.1) is 6.92 Å². The van der Waals surface area contributed by atoms with E-state index in [0.717, 1.165) is 0 Å². The molecular formula is C17H30O4S. The van der Waals surface area contributed by atoms with Crippen LogP contribution in [0.15, 0.2) is 18.2 Å². The van der Waals surface area contributed by atoms with Gasteiger partial charge < -0.3 is 5.11 Å². The molecule has 0 saturated carbocycles. The van der Waals surface area contributed by atoms with Crippen molar-refractivity contribution >= 4 is 10.1 Å². The molecule has 4 nitrogen and oxygen atoms in total. The molecule has 1 aromatic carbocycles. The van der Waals surface area contributed by atoms with Crippen LogP contribution in [0.5, 0.6) is 5.75 Å². The van der Waals surface area contributed by atoms with Crippen LogP contribution in [-0.2, 0) is 10.1 Å². The van der Waals surface area contributed by atoms with Gasteiger partial charge in [-0.25, -0.2) is 0 Å². The van der Waals surface area contributed by atoms with Crippen LogP contribution >= 0.6 is 0 Å². The van der Waals surface area contributed by atoms with Crippen molar-refractivity contribution in [1.29, 1.82) is 0 Å². The highest BCUT2D eigenvalue weighted by atomic mass is 32.2. The van der Waals surface area contributed by atoms with Crippen molar-refractivity contribution in [3.05, 3.63) is 29.3 Å². The standard InChI is InChI=1S/C9H12O4S.C8H18/c1-6-8(4-3-5-9(6)10)7(2)14(11,12)13;1-3-5-7-8-6-4-2/h3-5,7,10H,1-2H3,(H,11,12,13);3-8H2,1-2H3. The summed E-state index contributed by atoms with van der Waals surface area (Å²) >= 11 is 0. The molecule has 0 fully saturated rings. The zero-order valence-electron chi connectivity index (χ0n) is 14.2. The van der Waals surface area contributed by atoms with E-state index in [9.17, 15) is 13.5 Å². The maximum absolute atomic E-state index is 10.9. The van der Waals surface area contributed by atoms with Gasteiger partial charge in [-0.2, -0.15) is 8.42 Å². The molecule has 1 unspecified atom stereocenters. The van der Waals surface area contributed by atoms with Crippen molar-refractivity contribution < 1.29 is 18.1 Å². The second-order valence-electron chi connectivity index (χ2n) is 5.56. The normalized spacial score (nSPS) is 12.4. The van der Waals surface area contributed by atoms with Gasteiger partial charge in [0.15, 0.2) is 0 Å². The summed E-state index contributed by atoms with van der Waals surface area (Å²) in [5.74, 6) is 0.0259. The van der Waals surface area contributed by atoms with Crippen molar-refractivity contribution in [1.82, 2.24) is 0 Å². The van der Waals surface area contributed by atoms with E-state index in [0.29, 0.717) is 11.1 Å². The van der Waals surface area contributed by atoms with Gasteiger partial charge in [0.1, 0.15) is 11.0 Å². The third-order valence-electron chi connectivity index (χ3n) is 3.69. The molecule has 0 amide bonds. The minimum absolute atomic E-state index is 0.0259. The maximum Gasteiger partial charge on any atom is 0.271 e. The number of benzene rings is 1. The molecule has 1 atom stereocenters. The van der Waals surface area contributed by atoms with Gasteiger partial charge in [-0.15, -0.1) is 0 Å². The lowest BCUT2D eigenvalue weighted by molar-refractivity contribution is 0.465. The first-order valence-electron chi connectivity index (χ1n) is 8.00. The highest BCUT2D eigenvalue weighted by molar-refractivity contribution is 7.86. The average Bonchev–Trinajstić information content (AvgIpc) is 2.46. The minimum Gasteiger partial charge on any atom is -0.508 e. The highest BCUT2D eigenvalue weighted by Crippen LogP contribution is 2.28. The maximum atomic E-state index is 10.9. The molecule has 2 N–H and O–H groups in total. The smallest absolute Gasteiger partial charge is 0.271 e. The van der Waals surface area contributed by atoms with Crippen molar-refractivity contribution in [2.45, 2.75) is 71.5 Å². The number of hydrogen-bond acceptors (Lipinski definition) is 3. The van der Waals surface area contributed by atoms with Crippen LogP contribution in [0.2, 0.25) is 0 Å². The number of aromatic hydroxyl groups is 1. The predicted octanol–water partition coefficient (Wildman–Crippen LogP) is 5.02. The fourth-order valence-corrected chi connectivity index (χ4v) is 2.67. The van der Waals surface area contributed by atoms with Crippen LogP contribution < -0.4 is 0 Å². The number of hydrogen-bond donors (Lipinski definition) is 2. The number of unbranched alkanes of at least 4 members (excludes halogenated alkanes) is 5. The zero-order valence-corrected chi connectivity index (χ0v) is 15.0. The zero-order chi connectivity index (χ0) is 17.2. The Hall–Kier alpha value is -1.07. The van der Waals surface area contributed by atoms with Crippen LogP contribution in [0.4, 0.5) is 0 Å². The number of phenolic OH excluding ortho intramolecular Hbond substituents is 1. The first-order chi connectivity index (χ1) is 10.3. The molecule has 0 spiro atoms. The average molecular weight is 330 g/mol. The molecule has 0 aliphatic rings. The molecule has 1 rings (SSSR count). The molecule has 0 aliphatic carbocycles. The largest absolute Gasteiger partial charge is 0.508 e. The first kappa shape index (κ1) is 20.9. The predicted molar refractivity (Wildman–Crippen MR) is 91.9 cm³/mol. The number of rotatable bonds is 7. The topological polar surface area (TPSA) is 74.6 Å². The fourth-order valence-electron chi connectivity index (χ4n) is 2.10. The van der Waals surface area contributed by atoms with E-state index in [1.54, 1.807) is 19.1 Å².